The average Bonchev–Trinajstić information content (AvgIpc) is 3.50. The van der Waals surface area contributed by atoms with E-state index in [-0.39, 0.29) is 36.8 Å². The molecule has 2 amide bonds. The van der Waals surface area contributed by atoms with Gasteiger partial charge in [-0.1, -0.05) is 48.5 Å². The van der Waals surface area contributed by atoms with Crippen LogP contribution in [0.1, 0.15) is 24.0 Å². The lowest BCUT2D eigenvalue weighted by Crippen LogP contribution is -2.53. The normalized spacial score (nSPS) is 19.1. The minimum Gasteiger partial charge on any atom is -0.469 e. The summed E-state index contributed by atoms with van der Waals surface area (Å²) in [6, 6.07) is 14.7. The van der Waals surface area contributed by atoms with Gasteiger partial charge in [-0.2, -0.15) is 12.7 Å². The quantitative estimate of drug-likeness (QED) is 0.386. The number of rotatable bonds is 10. The summed E-state index contributed by atoms with van der Waals surface area (Å²) in [4.78, 5) is 37.2. The van der Waals surface area contributed by atoms with E-state index in [0.717, 1.165) is 5.56 Å². The van der Waals surface area contributed by atoms with Crippen LogP contribution in [0.15, 0.2) is 67.3 Å². The highest BCUT2D eigenvalue weighted by Crippen LogP contribution is 2.42. The van der Waals surface area contributed by atoms with E-state index in [1.807, 2.05) is 4.72 Å². The van der Waals surface area contributed by atoms with Gasteiger partial charge in [0.1, 0.15) is 5.54 Å². The summed E-state index contributed by atoms with van der Waals surface area (Å²) in [5.74, 6) is -2.35. The van der Waals surface area contributed by atoms with E-state index in [9.17, 15) is 22.8 Å². The minimum absolute atomic E-state index is 0.0804. The van der Waals surface area contributed by atoms with Gasteiger partial charge < -0.3 is 10.5 Å². The van der Waals surface area contributed by atoms with Crippen LogP contribution in [0.5, 0.6) is 0 Å². The number of ether oxygens (including phenoxy) is 1. The lowest BCUT2D eigenvalue weighted by Gasteiger charge is -2.24. The molecule has 10 heteroatoms. The molecule has 0 bridgehead atoms. The van der Waals surface area contributed by atoms with E-state index in [2.05, 4.69) is 11.3 Å². The molecular weight excluding hydrogens is 458 g/mol. The van der Waals surface area contributed by atoms with Crippen molar-refractivity contribution in [2.75, 3.05) is 11.4 Å². The first-order chi connectivity index (χ1) is 16.1. The van der Waals surface area contributed by atoms with Gasteiger partial charge in [-0.05, 0) is 36.1 Å². The number of esters is 1. The SMILES string of the molecule is C=C[C@@H]1C[C@]1(N)C(=O)NS(=O)(=O)N(C(=O)Cc1cccc(CCC(=O)OC)c1)c1ccccc1. The molecule has 0 aromatic heterocycles. The number of amides is 2. The Bertz CT molecular complexity index is 1200. The van der Waals surface area contributed by atoms with Crippen molar-refractivity contribution in [3.63, 3.8) is 0 Å². The molecule has 2 aromatic rings. The molecular formula is C24H27N3O6S. The molecule has 2 atom stereocenters. The summed E-state index contributed by atoms with van der Waals surface area (Å²) in [5, 5.41) is 0. The van der Waals surface area contributed by atoms with Gasteiger partial charge in [0.05, 0.1) is 19.2 Å². The van der Waals surface area contributed by atoms with Crippen molar-refractivity contribution >= 4 is 33.7 Å². The van der Waals surface area contributed by atoms with E-state index in [1.54, 1.807) is 42.5 Å². The Morgan fingerprint density at radius 2 is 1.85 bits per heavy atom. The largest absolute Gasteiger partial charge is 0.469 e. The maximum absolute atomic E-state index is 13.2. The average molecular weight is 486 g/mol. The van der Waals surface area contributed by atoms with Gasteiger partial charge in [-0.3, -0.25) is 14.4 Å². The van der Waals surface area contributed by atoms with Gasteiger partial charge in [0.15, 0.2) is 0 Å². The molecule has 0 spiro atoms. The van der Waals surface area contributed by atoms with Crippen molar-refractivity contribution < 1.29 is 27.5 Å². The Morgan fingerprint density at radius 1 is 1.18 bits per heavy atom. The summed E-state index contributed by atoms with van der Waals surface area (Å²) >= 11 is 0. The number of nitrogens with one attached hydrogen (secondary N) is 1. The number of nitrogens with zero attached hydrogens (tertiary/aromatic N) is 1. The number of benzene rings is 2. The lowest BCUT2D eigenvalue weighted by molar-refractivity contribution is -0.140. The van der Waals surface area contributed by atoms with Crippen LogP contribution in [-0.2, 0) is 42.2 Å². The summed E-state index contributed by atoms with van der Waals surface area (Å²) in [7, 11) is -3.29. The molecule has 1 aliphatic carbocycles. The predicted octanol–water partition coefficient (Wildman–Crippen LogP) is 1.63. The van der Waals surface area contributed by atoms with Crippen molar-refractivity contribution in [1.29, 1.82) is 0 Å². The third-order valence-corrected chi connectivity index (χ3v) is 6.98. The van der Waals surface area contributed by atoms with E-state index in [0.29, 0.717) is 16.3 Å². The first-order valence-electron chi connectivity index (χ1n) is 10.6. The number of anilines is 1. The zero-order valence-corrected chi connectivity index (χ0v) is 19.6. The fourth-order valence-corrected chi connectivity index (χ4v) is 4.84. The number of para-hydroxylation sites is 1. The third kappa shape index (κ3) is 5.70. The number of aryl methyl sites for hydroxylation is 1. The van der Waals surface area contributed by atoms with Crippen LogP contribution in [0.2, 0.25) is 0 Å². The van der Waals surface area contributed by atoms with Crippen molar-refractivity contribution in [2.24, 2.45) is 11.7 Å². The molecule has 3 N–H and O–H groups in total. The molecule has 180 valence electrons. The fourth-order valence-electron chi connectivity index (χ4n) is 3.59. The smallest absolute Gasteiger partial charge is 0.332 e. The van der Waals surface area contributed by atoms with Crippen LogP contribution in [-0.4, -0.2) is 38.9 Å². The summed E-state index contributed by atoms with van der Waals surface area (Å²) < 4.78 is 33.5. The summed E-state index contributed by atoms with van der Waals surface area (Å²) in [5.41, 5.74) is 6.05. The first kappa shape index (κ1) is 25.1. The Balaban J connectivity index is 1.83. The Hall–Kier alpha value is -3.50. The number of hydrogen-bond acceptors (Lipinski definition) is 7. The number of hydrogen-bond donors (Lipinski definition) is 2. The molecule has 0 heterocycles. The van der Waals surface area contributed by atoms with Crippen molar-refractivity contribution in [3.05, 3.63) is 78.4 Å². The predicted molar refractivity (Wildman–Crippen MR) is 127 cm³/mol. The summed E-state index contributed by atoms with van der Waals surface area (Å²) in [6.07, 6.45) is 2.11. The van der Waals surface area contributed by atoms with Crippen LogP contribution in [0.4, 0.5) is 5.69 Å². The Kier molecular flexibility index (Phi) is 7.53. The molecule has 0 radical (unpaired) electrons. The maximum atomic E-state index is 13.2. The molecule has 1 aliphatic rings. The van der Waals surface area contributed by atoms with Crippen LogP contribution < -0.4 is 14.8 Å². The second-order valence-electron chi connectivity index (χ2n) is 8.09. The zero-order chi connectivity index (χ0) is 24.9. The highest BCUT2D eigenvalue weighted by Gasteiger charge is 2.56. The molecule has 2 aromatic carbocycles. The van der Waals surface area contributed by atoms with E-state index >= 15 is 0 Å². The van der Waals surface area contributed by atoms with E-state index in [1.165, 1.54) is 25.3 Å². The van der Waals surface area contributed by atoms with Gasteiger partial charge >= 0.3 is 16.2 Å². The van der Waals surface area contributed by atoms with Gasteiger partial charge in [0, 0.05) is 12.3 Å². The topological polar surface area (TPSA) is 136 Å². The maximum Gasteiger partial charge on any atom is 0.332 e. The van der Waals surface area contributed by atoms with E-state index in [4.69, 9.17) is 5.73 Å². The standard InChI is InChI=1S/C24H27N3O6S/c1-3-19-16-24(19,25)23(30)26-34(31,32)27(20-10-5-4-6-11-20)21(28)15-18-9-7-8-17(14-18)12-13-22(29)33-2/h3-11,14,19H,1,12-13,15-16,25H2,2H3,(H,26,30)/t19-,24-/m1/s1. The second kappa shape index (κ2) is 10.2. The van der Waals surface area contributed by atoms with Crippen LogP contribution >= 0.6 is 0 Å². The number of carbonyl (C=O) groups is 3. The van der Waals surface area contributed by atoms with Crippen LogP contribution in [0, 0.1) is 5.92 Å². The Labute approximate surface area is 198 Å². The monoisotopic (exact) mass is 485 g/mol. The number of methoxy groups -OCH3 is 1. The molecule has 0 saturated heterocycles. The molecule has 34 heavy (non-hydrogen) atoms. The van der Waals surface area contributed by atoms with Gasteiger partial charge in [-0.25, -0.2) is 4.72 Å². The van der Waals surface area contributed by atoms with Crippen molar-refractivity contribution in [1.82, 2.24) is 4.72 Å². The first-order valence-corrected chi connectivity index (χ1v) is 12.1. The van der Waals surface area contributed by atoms with Crippen LogP contribution in [0.3, 0.4) is 0 Å². The fraction of sp³-hybridized carbons (Fsp3) is 0.292. The highest BCUT2D eigenvalue weighted by atomic mass is 32.2. The van der Waals surface area contributed by atoms with Crippen LogP contribution in [0.25, 0.3) is 0 Å². The van der Waals surface area contributed by atoms with Gasteiger partial charge in [0.2, 0.25) is 5.91 Å². The van der Waals surface area contributed by atoms with Crippen molar-refractivity contribution in [2.45, 2.75) is 31.2 Å². The zero-order valence-electron chi connectivity index (χ0n) is 18.8. The summed E-state index contributed by atoms with van der Waals surface area (Å²) in [6.45, 7) is 3.59. The second-order valence-corrected chi connectivity index (χ2v) is 9.61. The molecule has 0 unspecified atom stereocenters. The molecule has 1 fully saturated rings. The minimum atomic E-state index is -4.59. The highest BCUT2D eigenvalue weighted by molar-refractivity contribution is 7.92. The lowest BCUT2D eigenvalue weighted by atomic mass is 10.0. The third-order valence-electron chi connectivity index (χ3n) is 5.64. The number of nitrogens with two attached hydrogens (primary N) is 1. The number of carbonyl (C=O) groups excluding carboxylic acids is 3. The van der Waals surface area contributed by atoms with Gasteiger partial charge in [-0.15, -0.1) is 6.58 Å². The van der Waals surface area contributed by atoms with E-state index < -0.39 is 27.6 Å². The molecule has 0 aliphatic heterocycles. The van der Waals surface area contributed by atoms with Crippen molar-refractivity contribution in [3.8, 4) is 0 Å². The molecule has 3 rings (SSSR count). The molecule has 9 nitrogen and oxygen atoms in total. The Morgan fingerprint density at radius 3 is 2.47 bits per heavy atom. The molecule has 1 saturated carbocycles. The van der Waals surface area contributed by atoms with Gasteiger partial charge in [0.25, 0.3) is 5.91 Å².